The predicted molar refractivity (Wildman–Crippen MR) is 102 cm³/mol. The summed E-state index contributed by atoms with van der Waals surface area (Å²) in [5.41, 5.74) is 4.34. The van der Waals surface area contributed by atoms with Crippen LogP contribution in [0.4, 0.5) is 5.69 Å². The van der Waals surface area contributed by atoms with E-state index >= 15 is 0 Å². The van der Waals surface area contributed by atoms with Gasteiger partial charge in [-0.05, 0) is 20.8 Å². The van der Waals surface area contributed by atoms with Crippen molar-refractivity contribution in [2.45, 2.75) is 20.8 Å². The summed E-state index contributed by atoms with van der Waals surface area (Å²) in [7, 11) is 1.86. The van der Waals surface area contributed by atoms with Crippen molar-refractivity contribution < 1.29 is 9.21 Å². The first-order chi connectivity index (χ1) is 12.5. The number of carbonyl (C=O) groups excluding carboxylic acids is 1. The Kier molecular flexibility index (Phi) is 3.76. The van der Waals surface area contributed by atoms with E-state index in [1.807, 2.05) is 46.0 Å². The first kappa shape index (κ1) is 16.3. The first-order valence-corrected chi connectivity index (χ1v) is 8.63. The highest BCUT2D eigenvalue weighted by atomic mass is 16.3. The molecule has 1 aromatic carbocycles. The summed E-state index contributed by atoms with van der Waals surface area (Å²) in [4.78, 5) is 17.8. The van der Waals surface area contributed by atoms with Crippen molar-refractivity contribution in [3.8, 4) is 0 Å². The van der Waals surface area contributed by atoms with Crippen LogP contribution >= 0.6 is 0 Å². The van der Waals surface area contributed by atoms with Crippen LogP contribution in [0.3, 0.4) is 0 Å². The number of carbonyl (C=O) groups is 1. The lowest BCUT2D eigenvalue weighted by Crippen LogP contribution is -2.05. The third kappa shape index (κ3) is 2.29. The van der Waals surface area contributed by atoms with Gasteiger partial charge < -0.3 is 9.73 Å². The maximum absolute atomic E-state index is 13.1. The minimum absolute atomic E-state index is 0.146. The summed E-state index contributed by atoms with van der Waals surface area (Å²) in [5, 5.41) is 9.45. The Morgan fingerprint density at radius 1 is 1.15 bits per heavy atom. The van der Waals surface area contributed by atoms with Crippen molar-refractivity contribution in [1.29, 1.82) is 0 Å². The largest absolute Gasteiger partial charge is 0.449 e. The van der Waals surface area contributed by atoms with Gasteiger partial charge in [-0.2, -0.15) is 5.10 Å². The molecule has 0 bridgehead atoms. The molecular weight excluding hydrogens is 328 g/mol. The Hall–Kier alpha value is -3.15. The Balaban J connectivity index is 2.08. The van der Waals surface area contributed by atoms with E-state index in [9.17, 15) is 4.79 Å². The molecule has 0 aliphatic rings. The van der Waals surface area contributed by atoms with Crippen LogP contribution in [-0.2, 0) is 7.05 Å². The van der Waals surface area contributed by atoms with E-state index in [4.69, 9.17) is 9.40 Å². The lowest BCUT2D eigenvalue weighted by Gasteiger charge is -2.05. The van der Waals surface area contributed by atoms with Crippen molar-refractivity contribution in [3.63, 3.8) is 0 Å². The van der Waals surface area contributed by atoms with Gasteiger partial charge in [-0.15, -0.1) is 0 Å². The summed E-state index contributed by atoms with van der Waals surface area (Å²) < 4.78 is 7.89. The highest BCUT2D eigenvalue weighted by Gasteiger charge is 2.26. The van der Waals surface area contributed by atoms with Crippen molar-refractivity contribution >= 4 is 33.5 Å². The van der Waals surface area contributed by atoms with Gasteiger partial charge in [0.15, 0.2) is 17.0 Å². The second kappa shape index (κ2) is 5.98. The van der Waals surface area contributed by atoms with Crippen LogP contribution in [0.15, 0.2) is 34.7 Å². The number of aromatic nitrogens is 3. The van der Waals surface area contributed by atoms with Crippen molar-refractivity contribution in [2.24, 2.45) is 7.05 Å². The molecule has 0 aliphatic heterocycles. The molecule has 1 N–H and O–H groups in total. The second-order valence-electron chi connectivity index (χ2n) is 6.34. The number of benzene rings is 1. The minimum atomic E-state index is -0.146. The highest BCUT2D eigenvalue weighted by molar-refractivity contribution is 6.18. The molecule has 4 aromatic rings. The molecule has 0 saturated carbocycles. The van der Waals surface area contributed by atoms with Crippen LogP contribution in [0.1, 0.15) is 34.4 Å². The second-order valence-corrected chi connectivity index (χ2v) is 6.34. The topological polar surface area (TPSA) is 73.0 Å². The molecule has 0 amide bonds. The Labute approximate surface area is 150 Å². The number of hydrogen-bond acceptors (Lipinski definition) is 5. The average Bonchev–Trinajstić information content (AvgIpc) is 3.14. The van der Waals surface area contributed by atoms with E-state index in [1.54, 1.807) is 16.8 Å². The van der Waals surface area contributed by atoms with E-state index in [0.29, 0.717) is 29.1 Å². The molecule has 6 nitrogen and oxygen atoms in total. The summed E-state index contributed by atoms with van der Waals surface area (Å²) in [6, 6.07) is 9.16. The number of pyridine rings is 1. The SMILES string of the molecule is CCNc1c(C(=O)c2ccccc2)oc2c1c(C)nc1c2c(C)nn1C. The average molecular weight is 348 g/mol. The molecule has 0 radical (unpaired) electrons. The molecule has 4 rings (SSSR count). The van der Waals surface area contributed by atoms with E-state index in [0.717, 1.165) is 27.8 Å². The number of aryl methyl sites for hydroxylation is 3. The molecule has 0 saturated heterocycles. The number of rotatable bonds is 4. The smallest absolute Gasteiger partial charge is 0.230 e. The standard InChI is InChI=1S/C20H20N4O2/c1-5-21-16-14-11(2)22-20-15(12(3)23-24(20)4)18(14)26-19(16)17(25)13-9-7-6-8-10-13/h6-10,21H,5H2,1-4H3. The van der Waals surface area contributed by atoms with Crippen LogP contribution in [0.5, 0.6) is 0 Å². The van der Waals surface area contributed by atoms with Crippen LogP contribution in [0.2, 0.25) is 0 Å². The highest BCUT2D eigenvalue weighted by Crippen LogP contribution is 2.38. The molecule has 132 valence electrons. The van der Waals surface area contributed by atoms with E-state index < -0.39 is 0 Å². The molecule has 3 heterocycles. The Bertz CT molecular complexity index is 1140. The van der Waals surface area contributed by atoms with Crippen molar-refractivity contribution in [2.75, 3.05) is 11.9 Å². The molecule has 6 heteroatoms. The predicted octanol–water partition coefficient (Wildman–Crippen LogP) is 3.99. The fourth-order valence-corrected chi connectivity index (χ4v) is 3.43. The zero-order valence-corrected chi connectivity index (χ0v) is 15.3. The summed E-state index contributed by atoms with van der Waals surface area (Å²) >= 11 is 0. The lowest BCUT2D eigenvalue weighted by molar-refractivity contribution is 0.101. The third-order valence-corrected chi connectivity index (χ3v) is 4.56. The Morgan fingerprint density at radius 2 is 1.88 bits per heavy atom. The van der Waals surface area contributed by atoms with E-state index in [-0.39, 0.29) is 5.78 Å². The van der Waals surface area contributed by atoms with E-state index in [2.05, 4.69) is 10.4 Å². The summed E-state index contributed by atoms with van der Waals surface area (Å²) in [5.74, 6) is 0.167. The number of hydrogen-bond donors (Lipinski definition) is 1. The quantitative estimate of drug-likeness (QED) is 0.565. The number of fused-ring (bicyclic) bond motifs is 3. The van der Waals surface area contributed by atoms with Crippen LogP contribution in [0, 0.1) is 13.8 Å². The maximum Gasteiger partial charge on any atom is 0.230 e. The summed E-state index contributed by atoms with van der Waals surface area (Å²) in [6.07, 6.45) is 0. The van der Waals surface area contributed by atoms with Gasteiger partial charge in [0.2, 0.25) is 5.78 Å². The van der Waals surface area contributed by atoms with Gasteiger partial charge in [0, 0.05) is 19.2 Å². The molecule has 0 atom stereocenters. The maximum atomic E-state index is 13.1. The molecule has 0 fully saturated rings. The number of anilines is 1. The van der Waals surface area contributed by atoms with Crippen molar-refractivity contribution in [1.82, 2.24) is 14.8 Å². The normalized spacial score (nSPS) is 11.4. The first-order valence-electron chi connectivity index (χ1n) is 8.63. The Morgan fingerprint density at radius 3 is 2.58 bits per heavy atom. The van der Waals surface area contributed by atoms with Crippen LogP contribution in [-0.4, -0.2) is 27.1 Å². The van der Waals surface area contributed by atoms with Crippen LogP contribution < -0.4 is 5.32 Å². The minimum Gasteiger partial charge on any atom is -0.449 e. The summed E-state index contributed by atoms with van der Waals surface area (Å²) in [6.45, 7) is 6.52. The van der Waals surface area contributed by atoms with Crippen LogP contribution in [0.25, 0.3) is 22.0 Å². The fourth-order valence-electron chi connectivity index (χ4n) is 3.43. The number of ketones is 1. The van der Waals surface area contributed by atoms with Gasteiger partial charge >= 0.3 is 0 Å². The number of nitrogens with one attached hydrogen (secondary N) is 1. The number of nitrogens with zero attached hydrogens (tertiary/aromatic N) is 3. The zero-order chi connectivity index (χ0) is 18.4. The molecule has 0 aliphatic carbocycles. The monoisotopic (exact) mass is 348 g/mol. The molecule has 0 unspecified atom stereocenters. The fraction of sp³-hybridized carbons (Fsp3) is 0.250. The molecular formula is C20H20N4O2. The molecule has 3 aromatic heterocycles. The third-order valence-electron chi connectivity index (χ3n) is 4.56. The molecule has 26 heavy (non-hydrogen) atoms. The lowest BCUT2D eigenvalue weighted by atomic mass is 10.1. The van der Waals surface area contributed by atoms with Gasteiger partial charge in [-0.3, -0.25) is 9.48 Å². The van der Waals surface area contributed by atoms with Gasteiger partial charge in [0.1, 0.15) is 0 Å². The van der Waals surface area contributed by atoms with Gasteiger partial charge in [-0.25, -0.2) is 4.98 Å². The van der Waals surface area contributed by atoms with E-state index in [1.165, 1.54) is 0 Å². The van der Waals surface area contributed by atoms with Crippen molar-refractivity contribution in [3.05, 3.63) is 53.0 Å². The van der Waals surface area contributed by atoms with Gasteiger partial charge in [-0.1, -0.05) is 30.3 Å². The number of furan rings is 1. The van der Waals surface area contributed by atoms with Gasteiger partial charge in [0.05, 0.1) is 27.8 Å². The molecule has 0 spiro atoms. The van der Waals surface area contributed by atoms with Gasteiger partial charge in [0.25, 0.3) is 0 Å². The zero-order valence-electron chi connectivity index (χ0n) is 15.3.